The number of hydrogen-bond acceptors (Lipinski definition) is 1. The summed E-state index contributed by atoms with van der Waals surface area (Å²) in [6, 6.07) is 0.423. The van der Waals surface area contributed by atoms with Crippen molar-refractivity contribution >= 4 is 12.4 Å². The summed E-state index contributed by atoms with van der Waals surface area (Å²) in [5.41, 5.74) is 9.18. The number of allylic oxidation sites excluding steroid dienone is 1. The van der Waals surface area contributed by atoms with Crippen LogP contribution in [-0.2, 0) is 0 Å². The van der Waals surface area contributed by atoms with Crippen molar-refractivity contribution < 1.29 is 0 Å². The van der Waals surface area contributed by atoms with Gasteiger partial charge in [0.25, 0.3) is 0 Å². The Morgan fingerprint density at radius 2 is 1.76 bits per heavy atom. The van der Waals surface area contributed by atoms with Gasteiger partial charge in [-0.25, -0.2) is 0 Å². The Morgan fingerprint density at radius 1 is 1.00 bits per heavy atom. The molecule has 4 aliphatic rings. The average Bonchev–Trinajstić information content (AvgIpc) is 2.99. The van der Waals surface area contributed by atoms with Crippen molar-refractivity contribution in [2.75, 3.05) is 0 Å². The van der Waals surface area contributed by atoms with E-state index in [1.807, 2.05) is 0 Å². The summed E-state index contributed by atoms with van der Waals surface area (Å²) in [6.07, 6.45) is 18.1. The van der Waals surface area contributed by atoms with Gasteiger partial charge in [0.15, 0.2) is 0 Å². The first-order valence-corrected chi connectivity index (χ1v) is 12.7. The molecule has 1 nitrogen and oxygen atoms in total. The van der Waals surface area contributed by atoms with E-state index in [1.54, 1.807) is 5.57 Å². The van der Waals surface area contributed by atoms with E-state index in [1.165, 1.54) is 70.6 Å². The molecule has 3 saturated carbocycles. The SMILES string of the molecule is CC(C)CCC[C@@H](C)[C@H]1CC[C@H]2[C@@H]3CC=C4C[C@H](N)CC[C@]4(C)[C@H]3CC[C@]12C.Cl. The van der Waals surface area contributed by atoms with Gasteiger partial charge in [0.2, 0.25) is 0 Å². The number of hydrogen-bond donors (Lipinski definition) is 1. The van der Waals surface area contributed by atoms with E-state index in [2.05, 4.69) is 40.7 Å². The van der Waals surface area contributed by atoms with Gasteiger partial charge in [0.05, 0.1) is 0 Å². The fourth-order valence-electron chi connectivity index (χ4n) is 8.71. The Labute approximate surface area is 187 Å². The molecular weight excluding hydrogens is 374 g/mol. The maximum Gasteiger partial charge on any atom is 0.00766 e. The van der Waals surface area contributed by atoms with E-state index in [9.17, 15) is 0 Å². The van der Waals surface area contributed by atoms with Gasteiger partial charge in [-0.15, -0.1) is 12.4 Å². The molecule has 2 heteroatoms. The van der Waals surface area contributed by atoms with E-state index >= 15 is 0 Å². The standard InChI is InChI=1S/C27H47N.ClH/c1-18(2)7-6-8-19(3)23-11-12-24-22-10-9-20-17-21(28)13-15-26(20,4)25(22)14-16-27(23,24)5;/h9,18-19,21-25H,6-8,10-17,28H2,1-5H3;1H/t19-,21-,22+,23-,24+,25+,26+,27-;/m1./s1. The summed E-state index contributed by atoms with van der Waals surface area (Å²) in [5.74, 6) is 5.63. The average molecular weight is 422 g/mol. The van der Waals surface area contributed by atoms with Crippen molar-refractivity contribution in [3.8, 4) is 0 Å². The summed E-state index contributed by atoms with van der Waals surface area (Å²) in [4.78, 5) is 0. The molecule has 0 aromatic rings. The first kappa shape index (κ1) is 23.6. The molecule has 3 fully saturated rings. The maximum atomic E-state index is 6.34. The quantitative estimate of drug-likeness (QED) is 0.450. The molecule has 29 heavy (non-hydrogen) atoms. The zero-order chi connectivity index (χ0) is 20.1. The second-order valence-electron chi connectivity index (χ2n) is 12.3. The minimum atomic E-state index is 0. The van der Waals surface area contributed by atoms with Crippen LogP contribution in [0, 0.1) is 46.3 Å². The van der Waals surface area contributed by atoms with Crippen molar-refractivity contribution in [3.05, 3.63) is 11.6 Å². The van der Waals surface area contributed by atoms with Gasteiger partial charge >= 0.3 is 0 Å². The first-order valence-electron chi connectivity index (χ1n) is 12.7. The normalized spacial score (nSPS) is 44.9. The summed E-state index contributed by atoms with van der Waals surface area (Å²) in [5, 5.41) is 0. The van der Waals surface area contributed by atoms with Crippen LogP contribution in [0.5, 0.6) is 0 Å². The monoisotopic (exact) mass is 421 g/mol. The molecule has 0 amide bonds. The first-order chi connectivity index (χ1) is 13.3. The number of rotatable bonds is 5. The predicted molar refractivity (Wildman–Crippen MR) is 128 cm³/mol. The van der Waals surface area contributed by atoms with E-state index < -0.39 is 0 Å². The van der Waals surface area contributed by atoms with Crippen LogP contribution in [0.3, 0.4) is 0 Å². The highest BCUT2D eigenvalue weighted by atomic mass is 35.5. The molecule has 0 bridgehead atoms. The fraction of sp³-hybridized carbons (Fsp3) is 0.926. The largest absolute Gasteiger partial charge is 0.327 e. The lowest BCUT2D eigenvalue weighted by Crippen LogP contribution is -2.51. The summed E-state index contributed by atoms with van der Waals surface area (Å²) >= 11 is 0. The van der Waals surface area contributed by atoms with Gasteiger partial charge in [0.1, 0.15) is 0 Å². The van der Waals surface area contributed by atoms with Crippen molar-refractivity contribution in [3.63, 3.8) is 0 Å². The number of nitrogens with two attached hydrogens (primary N) is 1. The van der Waals surface area contributed by atoms with Crippen molar-refractivity contribution in [2.45, 2.75) is 111 Å². The topological polar surface area (TPSA) is 26.0 Å². The molecule has 0 spiro atoms. The molecular formula is C27H48ClN. The predicted octanol–water partition coefficient (Wildman–Crippen LogP) is 7.78. The van der Waals surface area contributed by atoms with Crippen LogP contribution < -0.4 is 5.73 Å². The Hall–Kier alpha value is -0.0100. The van der Waals surface area contributed by atoms with Crippen LogP contribution in [0.2, 0.25) is 0 Å². The highest BCUT2D eigenvalue weighted by molar-refractivity contribution is 5.85. The van der Waals surface area contributed by atoms with E-state index in [0.717, 1.165) is 35.5 Å². The van der Waals surface area contributed by atoms with Gasteiger partial charge < -0.3 is 5.73 Å². The van der Waals surface area contributed by atoms with Crippen molar-refractivity contribution in [2.24, 2.45) is 52.1 Å². The van der Waals surface area contributed by atoms with Gasteiger partial charge in [-0.05, 0) is 97.7 Å². The molecule has 0 unspecified atom stereocenters. The minimum absolute atomic E-state index is 0. The minimum Gasteiger partial charge on any atom is -0.327 e. The lowest BCUT2D eigenvalue weighted by atomic mass is 9.47. The fourth-order valence-corrected chi connectivity index (χ4v) is 8.71. The van der Waals surface area contributed by atoms with Crippen LogP contribution in [0.15, 0.2) is 11.6 Å². The Kier molecular flexibility index (Phi) is 7.22. The third kappa shape index (κ3) is 4.09. The molecule has 0 heterocycles. The second kappa shape index (κ2) is 8.85. The molecule has 0 radical (unpaired) electrons. The zero-order valence-electron chi connectivity index (χ0n) is 19.9. The number of halogens is 1. The summed E-state index contributed by atoms with van der Waals surface area (Å²) in [6.45, 7) is 12.7. The Balaban J connectivity index is 0.00000240. The van der Waals surface area contributed by atoms with Gasteiger partial charge in [-0.3, -0.25) is 0 Å². The molecule has 4 aliphatic carbocycles. The van der Waals surface area contributed by atoms with Crippen molar-refractivity contribution in [1.29, 1.82) is 0 Å². The summed E-state index contributed by atoms with van der Waals surface area (Å²) < 4.78 is 0. The molecule has 0 aromatic heterocycles. The molecule has 0 aromatic carbocycles. The maximum absolute atomic E-state index is 6.34. The third-order valence-corrected chi connectivity index (χ3v) is 10.3. The molecule has 2 N–H and O–H groups in total. The third-order valence-electron chi connectivity index (χ3n) is 10.3. The van der Waals surface area contributed by atoms with Crippen molar-refractivity contribution in [1.82, 2.24) is 0 Å². The summed E-state index contributed by atoms with van der Waals surface area (Å²) in [7, 11) is 0. The highest BCUT2D eigenvalue weighted by Crippen LogP contribution is 2.67. The van der Waals surface area contributed by atoms with E-state index in [4.69, 9.17) is 5.73 Å². The van der Waals surface area contributed by atoms with Crippen LogP contribution in [0.1, 0.15) is 105 Å². The molecule has 4 rings (SSSR count). The second-order valence-corrected chi connectivity index (χ2v) is 12.3. The van der Waals surface area contributed by atoms with Gasteiger partial charge in [0, 0.05) is 6.04 Å². The molecule has 0 saturated heterocycles. The number of fused-ring (bicyclic) bond motifs is 5. The molecule has 8 atom stereocenters. The van der Waals surface area contributed by atoms with Crippen LogP contribution in [0.25, 0.3) is 0 Å². The van der Waals surface area contributed by atoms with Crippen LogP contribution >= 0.6 is 12.4 Å². The van der Waals surface area contributed by atoms with Crippen LogP contribution in [-0.4, -0.2) is 6.04 Å². The smallest absolute Gasteiger partial charge is 0.00766 e. The van der Waals surface area contributed by atoms with Gasteiger partial charge in [-0.1, -0.05) is 65.5 Å². The zero-order valence-corrected chi connectivity index (χ0v) is 20.7. The molecule has 168 valence electrons. The lowest BCUT2D eigenvalue weighted by Gasteiger charge is -2.58. The Morgan fingerprint density at radius 3 is 2.48 bits per heavy atom. The van der Waals surface area contributed by atoms with E-state index in [-0.39, 0.29) is 12.4 Å². The van der Waals surface area contributed by atoms with Crippen LogP contribution in [0.4, 0.5) is 0 Å². The Bertz CT molecular complexity index is 597. The highest BCUT2D eigenvalue weighted by Gasteiger charge is 2.58. The van der Waals surface area contributed by atoms with E-state index in [0.29, 0.717) is 16.9 Å². The van der Waals surface area contributed by atoms with Gasteiger partial charge in [-0.2, -0.15) is 0 Å². The lowest BCUT2D eigenvalue weighted by molar-refractivity contribution is -0.0508. The molecule has 0 aliphatic heterocycles.